The first-order valence-electron chi connectivity index (χ1n) is 6.51. The Bertz CT molecular complexity index is 856. The molecule has 130 valence electrons. The molecule has 0 aliphatic heterocycles. The van der Waals surface area contributed by atoms with Crippen molar-refractivity contribution in [3.63, 3.8) is 0 Å². The van der Waals surface area contributed by atoms with Gasteiger partial charge in [-0.3, -0.25) is 24.9 Å². The highest BCUT2D eigenvalue weighted by atomic mass is 16.6. The fourth-order valence-electron chi connectivity index (χ4n) is 1.86. The number of ether oxygens (including phenoxy) is 2. The minimum absolute atomic E-state index is 0.00433. The summed E-state index contributed by atoms with van der Waals surface area (Å²) in [6, 6.07) is 3.50. The molecule has 1 aromatic carbocycles. The summed E-state index contributed by atoms with van der Waals surface area (Å²) in [6.45, 7) is 0. The zero-order valence-electron chi connectivity index (χ0n) is 12.9. The van der Waals surface area contributed by atoms with Gasteiger partial charge < -0.3 is 9.47 Å². The second-order valence-electron chi connectivity index (χ2n) is 4.62. The maximum Gasteiger partial charge on any atom is 0.356 e. The zero-order chi connectivity index (χ0) is 18.7. The second kappa shape index (κ2) is 6.74. The van der Waals surface area contributed by atoms with Crippen LogP contribution in [0.1, 0.15) is 20.8 Å². The number of esters is 2. The number of carbonyl (C=O) groups excluding carboxylic acids is 2. The lowest BCUT2D eigenvalue weighted by molar-refractivity contribution is -0.394. The number of aromatic nitrogens is 2. The van der Waals surface area contributed by atoms with Crippen LogP contribution in [0.4, 0.5) is 11.4 Å². The SMILES string of the molecule is COC(=O)c1cc(OC(=O)c2cc([N+](=O)[O-])cc([N+](=O)[O-])c2)nn1C. The molecule has 0 saturated heterocycles. The van der Waals surface area contributed by atoms with Gasteiger partial charge in [0.1, 0.15) is 5.69 Å². The molecule has 1 heterocycles. The van der Waals surface area contributed by atoms with E-state index in [1.54, 1.807) is 0 Å². The summed E-state index contributed by atoms with van der Waals surface area (Å²) in [4.78, 5) is 43.5. The Morgan fingerprint density at radius 1 is 1.04 bits per heavy atom. The van der Waals surface area contributed by atoms with Crippen LogP contribution < -0.4 is 4.74 Å². The maximum atomic E-state index is 12.1. The molecule has 25 heavy (non-hydrogen) atoms. The van der Waals surface area contributed by atoms with Crippen LogP contribution in [0, 0.1) is 20.2 Å². The number of benzene rings is 1. The van der Waals surface area contributed by atoms with Crippen molar-refractivity contribution in [2.75, 3.05) is 7.11 Å². The van der Waals surface area contributed by atoms with E-state index >= 15 is 0 Å². The number of nitro groups is 2. The molecule has 12 heteroatoms. The monoisotopic (exact) mass is 350 g/mol. The number of aryl methyl sites for hydroxylation is 1. The number of methoxy groups -OCH3 is 1. The normalized spacial score (nSPS) is 10.2. The summed E-state index contributed by atoms with van der Waals surface area (Å²) >= 11 is 0. The molecule has 0 aliphatic carbocycles. The van der Waals surface area contributed by atoms with Gasteiger partial charge in [-0.2, -0.15) is 0 Å². The zero-order valence-corrected chi connectivity index (χ0v) is 12.9. The van der Waals surface area contributed by atoms with Crippen LogP contribution in [0.15, 0.2) is 24.3 Å². The highest BCUT2D eigenvalue weighted by Gasteiger charge is 2.22. The Hall–Kier alpha value is -3.83. The molecule has 0 spiro atoms. The fraction of sp³-hybridized carbons (Fsp3) is 0.154. The molecule has 12 nitrogen and oxygen atoms in total. The molecule has 0 bridgehead atoms. The average molecular weight is 350 g/mol. The lowest BCUT2D eigenvalue weighted by Gasteiger charge is -2.01. The number of nitro benzene ring substituents is 2. The highest BCUT2D eigenvalue weighted by Crippen LogP contribution is 2.24. The van der Waals surface area contributed by atoms with Crippen LogP contribution in [0.5, 0.6) is 5.88 Å². The lowest BCUT2D eigenvalue weighted by Crippen LogP contribution is -2.10. The Balaban J connectivity index is 2.33. The average Bonchev–Trinajstić information content (AvgIpc) is 2.93. The number of hydrogen-bond donors (Lipinski definition) is 0. The molecule has 0 saturated carbocycles. The van der Waals surface area contributed by atoms with Gasteiger partial charge in [-0.1, -0.05) is 0 Å². The minimum atomic E-state index is -1.11. The minimum Gasteiger partial charge on any atom is -0.464 e. The van der Waals surface area contributed by atoms with E-state index in [1.165, 1.54) is 7.05 Å². The molecular weight excluding hydrogens is 340 g/mol. The van der Waals surface area contributed by atoms with E-state index in [0.29, 0.717) is 6.07 Å². The van der Waals surface area contributed by atoms with Crippen molar-refractivity contribution in [3.05, 3.63) is 55.8 Å². The first kappa shape index (κ1) is 17.5. The topological polar surface area (TPSA) is 157 Å². The Kier molecular flexibility index (Phi) is 4.72. The smallest absolute Gasteiger partial charge is 0.356 e. The molecule has 0 atom stereocenters. The molecular formula is C13H10N4O8. The summed E-state index contributed by atoms with van der Waals surface area (Å²) in [5, 5.41) is 25.4. The third kappa shape index (κ3) is 3.74. The number of nitrogens with zero attached hydrogens (tertiary/aromatic N) is 4. The van der Waals surface area contributed by atoms with E-state index in [4.69, 9.17) is 4.74 Å². The van der Waals surface area contributed by atoms with Gasteiger partial charge >= 0.3 is 11.9 Å². The van der Waals surface area contributed by atoms with Crippen LogP contribution in [-0.2, 0) is 11.8 Å². The van der Waals surface area contributed by atoms with E-state index in [1.807, 2.05) is 0 Å². The van der Waals surface area contributed by atoms with Crippen molar-refractivity contribution in [2.45, 2.75) is 0 Å². The van der Waals surface area contributed by atoms with Crippen molar-refractivity contribution in [2.24, 2.45) is 7.05 Å². The van der Waals surface area contributed by atoms with Gasteiger partial charge in [0.15, 0.2) is 0 Å². The fourth-order valence-corrected chi connectivity index (χ4v) is 1.86. The molecule has 0 aliphatic rings. The summed E-state index contributed by atoms with van der Waals surface area (Å²) in [5.74, 6) is -2.10. The van der Waals surface area contributed by atoms with Crippen LogP contribution in [0.3, 0.4) is 0 Å². The number of rotatable bonds is 5. The third-order valence-corrected chi connectivity index (χ3v) is 3.01. The van der Waals surface area contributed by atoms with Gasteiger partial charge in [0.25, 0.3) is 11.4 Å². The molecule has 0 amide bonds. The highest BCUT2D eigenvalue weighted by molar-refractivity contribution is 5.93. The predicted octanol–water partition coefficient (Wildman–Crippen LogP) is 1.24. The molecule has 2 rings (SSSR count). The Labute approximate surface area is 138 Å². The van der Waals surface area contributed by atoms with Gasteiger partial charge in [-0.05, 0) is 0 Å². The van der Waals surface area contributed by atoms with Crippen molar-refractivity contribution in [1.82, 2.24) is 9.78 Å². The summed E-state index contributed by atoms with van der Waals surface area (Å²) in [5.41, 5.74) is -1.70. The summed E-state index contributed by atoms with van der Waals surface area (Å²) in [7, 11) is 2.56. The van der Waals surface area contributed by atoms with Crippen LogP contribution in [-0.4, -0.2) is 38.7 Å². The summed E-state index contributed by atoms with van der Waals surface area (Å²) < 4.78 is 10.5. The largest absolute Gasteiger partial charge is 0.464 e. The molecule has 2 aromatic rings. The second-order valence-corrected chi connectivity index (χ2v) is 4.62. The van der Waals surface area contributed by atoms with E-state index in [0.717, 1.165) is 30.0 Å². The van der Waals surface area contributed by atoms with Crippen molar-refractivity contribution in [1.29, 1.82) is 0 Å². The summed E-state index contributed by atoms with van der Waals surface area (Å²) in [6.07, 6.45) is 0. The number of non-ortho nitro benzene ring substituents is 2. The van der Waals surface area contributed by atoms with E-state index < -0.39 is 38.7 Å². The van der Waals surface area contributed by atoms with E-state index in [-0.39, 0.29) is 11.6 Å². The molecule has 1 aromatic heterocycles. The van der Waals surface area contributed by atoms with E-state index in [9.17, 15) is 29.8 Å². The van der Waals surface area contributed by atoms with Crippen molar-refractivity contribution >= 4 is 23.3 Å². The maximum absolute atomic E-state index is 12.1. The van der Waals surface area contributed by atoms with Crippen LogP contribution in [0.2, 0.25) is 0 Å². The molecule has 0 fully saturated rings. The standard InChI is InChI=1S/C13H10N4O8/c1-15-10(13(19)24-2)6-11(14-15)25-12(18)7-3-8(16(20)21)5-9(4-7)17(22)23/h3-6H,1-2H3. The van der Waals surface area contributed by atoms with Crippen molar-refractivity contribution in [3.8, 4) is 5.88 Å². The molecule has 0 N–H and O–H groups in total. The van der Waals surface area contributed by atoms with Gasteiger partial charge in [-0.25, -0.2) is 9.59 Å². The van der Waals surface area contributed by atoms with Gasteiger partial charge in [0.2, 0.25) is 5.88 Å². The lowest BCUT2D eigenvalue weighted by atomic mass is 10.2. The van der Waals surface area contributed by atoms with Crippen LogP contribution in [0.25, 0.3) is 0 Å². The van der Waals surface area contributed by atoms with Crippen molar-refractivity contribution < 1.29 is 28.9 Å². The van der Waals surface area contributed by atoms with Crippen LogP contribution >= 0.6 is 0 Å². The van der Waals surface area contributed by atoms with Gasteiger partial charge in [0, 0.05) is 25.2 Å². The van der Waals surface area contributed by atoms with Gasteiger partial charge in [0.05, 0.1) is 28.6 Å². The third-order valence-electron chi connectivity index (χ3n) is 3.01. The first-order valence-corrected chi connectivity index (χ1v) is 6.51. The Morgan fingerprint density at radius 2 is 1.60 bits per heavy atom. The van der Waals surface area contributed by atoms with Gasteiger partial charge in [-0.15, -0.1) is 5.10 Å². The first-order chi connectivity index (χ1) is 11.7. The number of hydrogen-bond acceptors (Lipinski definition) is 9. The predicted molar refractivity (Wildman–Crippen MR) is 79.3 cm³/mol. The number of carbonyl (C=O) groups is 2. The molecule has 0 radical (unpaired) electrons. The van der Waals surface area contributed by atoms with E-state index in [2.05, 4.69) is 9.84 Å². The quantitative estimate of drug-likeness (QED) is 0.439. The Morgan fingerprint density at radius 3 is 2.08 bits per heavy atom. The molecule has 0 unspecified atom stereocenters.